The van der Waals surface area contributed by atoms with Gasteiger partial charge in [-0.2, -0.15) is 0 Å². The van der Waals surface area contributed by atoms with Gasteiger partial charge in [0.2, 0.25) is 0 Å². The molecule has 2 saturated heterocycles. The fraction of sp³-hybridized carbons (Fsp3) is 1.00. The highest BCUT2D eigenvalue weighted by Gasteiger charge is 2.32. The van der Waals surface area contributed by atoms with Crippen LogP contribution in [0.3, 0.4) is 0 Å². The molecule has 0 aromatic rings. The van der Waals surface area contributed by atoms with Crippen LogP contribution in [-0.2, 0) is 4.74 Å². The Kier molecular flexibility index (Phi) is 2.95. The Morgan fingerprint density at radius 3 is 2.73 bits per heavy atom. The van der Waals surface area contributed by atoms with Gasteiger partial charge in [0.05, 0.1) is 6.61 Å². The average Bonchev–Trinajstić information content (AvgIpc) is 2.96. The van der Waals surface area contributed by atoms with E-state index in [0.29, 0.717) is 6.04 Å². The Bertz CT molecular complexity index is 212. The van der Waals surface area contributed by atoms with E-state index >= 15 is 0 Å². The first-order valence-electron chi connectivity index (χ1n) is 6.49. The number of nitrogens with one attached hydrogen (secondary N) is 1. The second-order valence-corrected chi connectivity index (χ2v) is 5.29. The number of likely N-dealkylation sites (tertiary alicyclic amines) is 1. The summed E-state index contributed by atoms with van der Waals surface area (Å²) in [6, 6.07) is 2.33. The van der Waals surface area contributed by atoms with Gasteiger partial charge in [0.25, 0.3) is 0 Å². The molecule has 0 radical (unpaired) electrons. The molecule has 1 N–H and O–H groups in total. The minimum absolute atomic E-state index is 0.713. The van der Waals surface area contributed by atoms with Crippen molar-refractivity contribution in [2.24, 2.45) is 0 Å². The zero-order chi connectivity index (χ0) is 10.1. The summed E-state index contributed by atoms with van der Waals surface area (Å²) in [7, 11) is 0. The van der Waals surface area contributed by atoms with Crippen LogP contribution in [0.25, 0.3) is 0 Å². The van der Waals surface area contributed by atoms with E-state index in [1.807, 2.05) is 0 Å². The van der Waals surface area contributed by atoms with Crippen LogP contribution in [0.5, 0.6) is 0 Å². The highest BCUT2D eigenvalue weighted by molar-refractivity contribution is 4.91. The summed E-state index contributed by atoms with van der Waals surface area (Å²) in [6.45, 7) is 4.48. The Balaban J connectivity index is 1.46. The average molecular weight is 210 g/mol. The largest absolute Gasteiger partial charge is 0.380 e. The van der Waals surface area contributed by atoms with Crippen LogP contribution in [0, 0.1) is 0 Å². The van der Waals surface area contributed by atoms with Crippen molar-refractivity contribution in [3.05, 3.63) is 0 Å². The molecular formula is C12H22N2O. The molecule has 2 unspecified atom stereocenters. The summed E-state index contributed by atoms with van der Waals surface area (Å²) >= 11 is 0. The maximum Gasteiger partial charge on any atom is 0.0621 e. The number of hydrogen-bond acceptors (Lipinski definition) is 3. The van der Waals surface area contributed by atoms with Crippen molar-refractivity contribution < 1.29 is 4.74 Å². The molecule has 3 nitrogen and oxygen atoms in total. The first kappa shape index (κ1) is 10.1. The molecular weight excluding hydrogens is 188 g/mol. The van der Waals surface area contributed by atoms with E-state index in [9.17, 15) is 0 Å². The highest BCUT2D eigenvalue weighted by atomic mass is 16.5. The molecule has 15 heavy (non-hydrogen) atoms. The molecule has 86 valence electrons. The number of hydrogen-bond donors (Lipinski definition) is 1. The Morgan fingerprint density at radius 1 is 1.07 bits per heavy atom. The molecule has 2 aliphatic heterocycles. The van der Waals surface area contributed by atoms with E-state index in [1.165, 1.54) is 45.2 Å². The van der Waals surface area contributed by atoms with E-state index in [1.54, 1.807) is 0 Å². The van der Waals surface area contributed by atoms with Crippen molar-refractivity contribution in [3.63, 3.8) is 0 Å². The van der Waals surface area contributed by atoms with Crippen LogP contribution in [0.4, 0.5) is 0 Å². The fourth-order valence-electron chi connectivity index (χ4n) is 2.85. The topological polar surface area (TPSA) is 24.5 Å². The van der Waals surface area contributed by atoms with Crippen molar-refractivity contribution in [1.29, 1.82) is 0 Å². The first-order chi connectivity index (χ1) is 7.42. The minimum atomic E-state index is 0.713. The SMILES string of the molecule is C1COCC(N2CCC(NC3CC3)C2)C1. The van der Waals surface area contributed by atoms with Gasteiger partial charge < -0.3 is 10.1 Å². The quantitative estimate of drug-likeness (QED) is 0.752. The second kappa shape index (κ2) is 4.40. The number of nitrogens with zero attached hydrogens (tertiary/aromatic N) is 1. The molecule has 0 spiro atoms. The minimum Gasteiger partial charge on any atom is -0.380 e. The standard InChI is InChI=1S/C12H22N2O/c1-2-12(9-15-7-1)14-6-5-11(8-14)13-10-3-4-10/h10-13H,1-9H2. The number of rotatable bonds is 3. The number of ether oxygens (including phenoxy) is 1. The first-order valence-corrected chi connectivity index (χ1v) is 6.49. The predicted octanol–water partition coefficient (Wildman–Crippen LogP) is 0.992. The molecule has 0 bridgehead atoms. The Hall–Kier alpha value is -0.120. The van der Waals surface area contributed by atoms with Gasteiger partial charge in [-0.05, 0) is 32.1 Å². The summed E-state index contributed by atoms with van der Waals surface area (Å²) < 4.78 is 5.56. The predicted molar refractivity (Wildman–Crippen MR) is 60.0 cm³/mol. The maximum absolute atomic E-state index is 5.56. The second-order valence-electron chi connectivity index (χ2n) is 5.29. The van der Waals surface area contributed by atoms with E-state index < -0.39 is 0 Å². The third-order valence-corrected chi connectivity index (χ3v) is 3.92. The zero-order valence-corrected chi connectivity index (χ0v) is 9.45. The van der Waals surface area contributed by atoms with E-state index in [0.717, 1.165) is 25.3 Å². The van der Waals surface area contributed by atoms with Crippen molar-refractivity contribution >= 4 is 0 Å². The molecule has 0 amide bonds. The molecule has 3 aliphatic rings. The van der Waals surface area contributed by atoms with Gasteiger partial charge in [-0.3, -0.25) is 4.90 Å². The third kappa shape index (κ3) is 2.52. The van der Waals surface area contributed by atoms with Gasteiger partial charge in [0, 0.05) is 37.8 Å². The summed E-state index contributed by atoms with van der Waals surface area (Å²) in [5.74, 6) is 0. The molecule has 2 atom stereocenters. The van der Waals surface area contributed by atoms with Crippen molar-refractivity contribution in [2.75, 3.05) is 26.3 Å². The Labute approximate surface area is 92.2 Å². The molecule has 1 saturated carbocycles. The van der Waals surface area contributed by atoms with Gasteiger partial charge >= 0.3 is 0 Å². The maximum atomic E-state index is 5.56. The van der Waals surface area contributed by atoms with Crippen molar-refractivity contribution in [2.45, 2.75) is 50.2 Å². The molecule has 3 heteroatoms. The van der Waals surface area contributed by atoms with Crippen LogP contribution >= 0.6 is 0 Å². The van der Waals surface area contributed by atoms with Crippen LogP contribution in [0.1, 0.15) is 32.1 Å². The van der Waals surface area contributed by atoms with E-state index in [-0.39, 0.29) is 0 Å². The summed E-state index contributed by atoms with van der Waals surface area (Å²) in [5, 5.41) is 3.74. The van der Waals surface area contributed by atoms with Crippen molar-refractivity contribution in [3.8, 4) is 0 Å². The molecule has 0 aromatic carbocycles. The monoisotopic (exact) mass is 210 g/mol. The molecule has 3 fully saturated rings. The smallest absolute Gasteiger partial charge is 0.0621 e. The van der Waals surface area contributed by atoms with Gasteiger partial charge in [-0.1, -0.05) is 0 Å². The molecule has 0 aromatic heterocycles. The third-order valence-electron chi connectivity index (χ3n) is 3.92. The Morgan fingerprint density at radius 2 is 2.00 bits per heavy atom. The lowest BCUT2D eigenvalue weighted by atomic mass is 10.1. The van der Waals surface area contributed by atoms with Crippen molar-refractivity contribution in [1.82, 2.24) is 10.2 Å². The van der Waals surface area contributed by atoms with Crippen LogP contribution in [0.2, 0.25) is 0 Å². The molecule has 2 heterocycles. The lowest BCUT2D eigenvalue weighted by Crippen LogP contribution is -2.42. The lowest BCUT2D eigenvalue weighted by Gasteiger charge is -2.30. The molecule has 3 rings (SSSR count). The van der Waals surface area contributed by atoms with Gasteiger partial charge in [-0.15, -0.1) is 0 Å². The van der Waals surface area contributed by atoms with Gasteiger partial charge in [-0.25, -0.2) is 0 Å². The van der Waals surface area contributed by atoms with E-state index in [2.05, 4.69) is 10.2 Å². The lowest BCUT2D eigenvalue weighted by molar-refractivity contribution is 0.0261. The van der Waals surface area contributed by atoms with Gasteiger partial charge in [0.1, 0.15) is 0 Å². The van der Waals surface area contributed by atoms with Gasteiger partial charge in [0.15, 0.2) is 0 Å². The van der Waals surface area contributed by atoms with Crippen LogP contribution < -0.4 is 5.32 Å². The van der Waals surface area contributed by atoms with Crippen LogP contribution in [0.15, 0.2) is 0 Å². The van der Waals surface area contributed by atoms with E-state index in [4.69, 9.17) is 4.74 Å². The zero-order valence-electron chi connectivity index (χ0n) is 9.45. The summed E-state index contributed by atoms with van der Waals surface area (Å²) in [5.41, 5.74) is 0. The fourth-order valence-corrected chi connectivity index (χ4v) is 2.85. The summed E-state index contributed by atoms with van der Waals surface area (Å²) in [4.78, 5) is 2.64. The van der Waals surface area contributed by atoms with Crippen LogP contribution in [-0.4, -0.2) is 49.3 Å². The normalized spacial score (nSPS) is 38.4. The molecule has 1 aliphatic carbocycles. The highest BCUT2D eigenvalue weighted by Crippen LogP contribution is 2.24. The summed E-state index contributed by atoms with van der Waals surface area (Å²) in [6.07, 6.45) is 6.75.